The van der Waals surface area contributed by atoms with Gasteiger partial charge in [-0.25, -0.2) is 0 Å². The summed E-state index contributed by atoms with van der Waals surface area (Å²) < 4.78 is 0. The number of carbonyl (C=O) groups is 1. The maximum Gasteiger partial charge on any atom is 0.237 e. The van der Waals surface area contributed by atoms with Crippen molar-refractivity contribution in [3.63, 3.8) is 0 Å². The summed E-state index contributed by atoms with van der Waals surface area (Å²) in [5.41, 5.74) is 4.24. The van der Waals surface area contributed by atoms with E-state index in [1.165, 1.54) is 36.1 Å². The molecule has 0 radical (unpaired) electrons. The van der Waals surface area contributed by atoms with Gasteiger partial charge in [-0.15, -0.1) is 0 Å². The molecule has 0 spiro atoms. The summed E-state index contributed by atoms with van der Waals surface area (Å²) >= 11 is 0. The van der Waals surface area contributed by atoms with E-state index in [0.717, 1.165) is 39.0 Å². The van der Waals surface area contributed by atoms with Crippen LogP contribution >= 0.6 is 0 Å². The molecule has 132 valence electrons. The fourth-order valence-corrected chi connectivity index (χ4v) is 4.06. The quantitative estimate of drug-likeness (QED) is 0.872. The van der Waals surface area contributed by atoms with Gasteiger partial charge in [0.2, 0.25) is 5.91 Å². The van der Waals surface area contributed by atoms with Gasteiger partial charge in [0.15, 0.2) is 0 Å². The van der Waals surface area contributed by atoms with Gasteiger partial charge in [-0.3, -0.25) is 9.69 Å². The zero-order chi connectivity index (χ0) is 16.9. The predicted octanol–water partition coefficient (Wildman–Crippen LogP) is 2.38. The van der Waals surface area contributed by atoms with E-state index < -0.39 is 0 Å². The van der Waals surface area contributed by atoms with Gasteiger partial charge in [0, 0.05) is 19.6 Å². The Hall–Kier alpha value is -1.39. The minimum atomic E-state index is 0.0410. The van der Waals surface area contributed by atoms with Crippen molar-refractivity contribution in [3.8, 4) is 0 Å². The maximum atomic E-state index is 12.2. The number of rotatable bonds is 5. The lowest BCUT2D eigenvalue weighted by Crippen LogP contribution is -2.45. The third-order valence-electron chi connectivity index (χ3n) is 5.57. The highest BCUT2D eigenvalue weighted by atomic mass is 16.2. The van der Waals surface area contributed by atoms with Crippen LogP contribution in [0, 0.1) is 19.8 Å². The summed E-state index contributed by atoms with van der Waals surface area (Å²) in [4.78, 5) is 14.7. The van der Waals surface area contributed by atoms with E-state index >= 15 is 0 Å². The molecule has 2 unspecified atom stereocenters. The van der Waals surface area contributed by atoms with Crippen LogP contribution in [-0.2, 0) is 11.3 Å². The number of piperidine rings is 1. The first kappa shape index (κ1) is 17.4. The Balaban J connectivity index is 1.50. The lowest BCUT2D eigenvalue weighted by molar-refractivity contribution is -0.123. The highest BCUT2D eigenvalue weighted by molar-refractivity contribution is 5.81. The van der Waals surface area contributed by atoms with Gasteiger partial charge in [0.05, 0.1) is 6.04 Å². The van der Waals surface area contributed by atoms with Gasteiger partial charge in [-0.2, -0.15) is 0 Å². The Morgan fingerprint density at radius 1 is 1.25 bits per heavy atom. The molecule has 0 aliphatic carbocycles. The Morgan fingerprint density at radius 3 is 2.75 bits per heavy atom. The van der Waals surface area contributed by atoms with Crippen LogP contribution in [0.5, 0.6) is 0 Å². The van der Waals surface area contributed by atoms with Crippen LogP contribution in [0.4, 0.5) is 0 Å². The second kappa shape index (κ2) is 8.13. The molecule has 1 aromatic rings. The summed E-state index contributed by atoms with van der Waals surface area (Å²) in [6, 6.07) is 6.59. The normalized spacial score (nSPS) is 24.9. The molecule has 2 heterocycles. The zero-order valence-electron chi connectivity index (χ0n) is 15.1. The van der Waals surface area contributed by atoms with Crippen LogP contribution in [0.2, 0.25) is 0 Å². The standard InChI is InChI=1S/C20H31N3O/c1-15-6-3-7-16(2)18(15)14-23-11-5-8-17(13-23)12-22-20(24)19-9-4-10-21-19/h3,6-7,17,19,21H,4-5,8-14H2,1-2H3,(H,22,24). The summed E-state index contributed by atoms with van der Waals surface area (Å²) in [5.74, 6) is 0.771. The number of hydrogen-bond donors (Lipinski definition) is 2. The number of carbonyl (C=O) groups excluding carboxylic acids is 1. The molecule has 1 amide bonds. The molecule has 0 bridgehead atoms. The molecule has 2 atom stereocenters. The Bertz CT molecular complexity index is 546. The van der Waals surface area contributed by atoms with E-state index in [2.05, 4.69) is 47.6 Å². The number of hydrogen-bond acceptors (Lipinski definition) is 3. The Labute approximate surface area is 146 Å². The van der Waals surface area contributed by atoms with Gasteiger partial charge < -0.3 is 10.6 Å². The molecule has 1 aromatic carbocycles. The number of benzene rings is 1. The van der Waals surface area contributed by atoms with Gasteiger partial charge in [-0.1, -0.05) is 18.2 Å². The molecule has 24 heavy (non-hydrogen) atoms. The topological polar surface area (TPSA) is 44.4 Å². The zero-order valence-corrected chi connectivity index (χ0v) is 15.1. The summed E-state index contributed by atoms with van der Waals surface area (Å²) in [6.45, 7) is 9.50. The van der Waals surface area contributed by atoms with Gasteiger partial charge in [-0.05, 0) is 75.2 Å². The monoisotopic (exact) mass is 329 g/mol. The van der Waals surface area contributed by atoms with E-state index in [9.17, 15) is 4.79 Å². The fourth-order valence-electron chi connectivity index (χ4n) is 4.06. The number of likely N-dealkylation sites (tertiary alicyclic amines) is 1. The number of aryl methyl sites for hydroxylation is 2. The lowest BCUT2D eigenvalue weighted by Gasteiger charge is -2.33. The molecule has 2 aliphatic heterocycles. The van der Waals surface area contributed by atoms with Crippen molar-refractivity contribution in [1.82, 2.24) is 15.5 Å². The highest BCUT2D eigenvalue weighted by Crippen LogP contribution is 2.21. The summed E-state index contributed by atoms with van der Waals surface area (Å²) in [5, 5.41) is 6.45. The highest BCUT2D eigenvalue weighted by Gasteiger charge is 2.25. The smallest absolute Gasteiger partial charge is 0.237 e. The van der Waals surface area contributed by atoms with E-state index in [1.807, 2.05) is 0 Å². The third kappa shape index (κ3) is 4.37. The molecule has 4 nitrogen and oxygen atoms in total. The van der Waals surface area contributed by atoms with Gasteiger partial charge in [0.25, 0.3) is 0 Å². The van der Waals surface area contributed by atoms with Crippen molar-refractivity contribution >= 4 is 5.91 Å². The lowest BCUT2D eigenvalue weighted by atomic mass is 9.96. The average molecular weight is 329 g/mol. The number of nitrogens with zero attached hydrogens (tertiary/aromatic N) is 1. The van der Waals surface area contributed by atoms with Crippen LogP contribution in [0.15, 0.2) is 18.2 Å². The molecule has 3 rings (SSSR count). The third-order valence-corrected chi connectivity index (χ3v) is 5.57. The predicted molar refractivity (Wildman–Crippen MR) is 98.0 cm³/mol. The molecular weight excluding hydrogens is 298 g/mol. The van der Waals surface area contributed by atoms with E-state index in [4.69, 9.17) is 0 Å². The van der Waals surface area contributed by atoms with Crippen LogP contribution in [0.3, 0.4) is 0 Å². The van der Waals surface area contributed by atoms with Crippen LogP contribution in [-0.4, -0.2) is 43.0 Å². The maximum absolute atomic E-state index is 12.2. The first-order valence-electron chi connectivity index (χ1n) is 9.42. The SMILES string of the molecule is Cc1cccc(C)c1CN1CCCC(CNC(=O)C2CCCN2)C1. The van der Waals surface area contributed by atoms with Crippen LogP contribution < -0.4 is 10.6 Å². The van der Waals surface area contributed by atoms with Gasteiger partial charge >= 0.3 is 0 Å². The van der Waals surface area contributed by atoms with E-state index in [1.54, 1.807) is 0 Å². The molecule has 2 fully saturated rings. The second-order valence-electron chi connectivity index (χ2n) is 7.51. The minimum absolute atomic E-state index is 0.0410. The van der Waals surface area contributed by atoms with E-state index in [0.29, 0.717) is 5.92 Å². The molecule has 2 N–H and O–H groups in total. The van der Waals surface area contributed by atoms with Crippen molar-refractivity contribution in [2.45, 2.75) is 52.1 Å². The molecule has 2 saturated heterocycles. The van der Waals surface area contributed by atoms with E-state index in [-0.39, 0.29) is 11.9 Å². The molecule has 4 heteroatoms. The molecule has 0 saturated carbocycles. The Kier molecular flexibility index (Phi) is 5.90. The van der Waals surface area contributed by atoms with Crippen molar-refractivity contribution in [2.24, 2.45) is 5.92 Å². The van der Waals surface area contributed by atoms with Crippen molar-refractivity contribution in [3.05, 3.63) is 34.9 Å². The summed E-state index contributed by atoms with van der Waals surface area (Å²) in [6.07, 6.45) is 4.55. The fraction of sp³-hybridized carbons (Fsp3) is 0.650. The van der Waals surface area contributed by atoms with Crippen molar-refractivity contribution in [1.29, 1.82) is 0 Å². The molecule has 2 aliphatic rings. The first-order chi connectivity index (χ1) is 11.6. The van der Waals surface area contributed by atoms with Gasteiger partial charge in [0.1, 0.15) is 0 Å². The van der Waals surface area contributed by atoms with Crippen LogP contribution in [0.25, 0.3) is 0 Å². The van der Waals surface area contributed by atoms with Crippen molar-refractivity contribution < 1.29 is 4.79 Å². The number of nitrogens with one attached hydrogen (secondary N) is 2. The Morgan fingerprint density at radius 2 is 2.04 bits per heavy atom. The first-order valence-corrected chi connectivity index (χ1v) is 9.42. The second-order valence-corrected chi connectivity index (χ2v) is 7.51. The van der Waals surface area contributed by atoms with Crippen LogP contribution in [0.1, 0.15) is 42.4 Å². The minimum Gasteiger partial charge on any atom is -0.354 e. The largest absolute Gasteiger partial charge is 0.354 e. The molecule has 0 aromatic heterocycles. The molecular formula is C20H31N3O. The summed E-state index contributed by atoms with van der Waals surface area (Å²) in [7, 11) is 0. The number of amides is 1. The van der Waals surface area contributed by atoms with Crippen molar-refractivity contribution in [2.75, 3.05) is 26.2 Å². The average Bonchev–Trinajstić information content (AvgIpc) is 3.11.